The first-order chi connectivity index (χ1) is 9.29. The second kappa shape index (κ2) is 5.49. The number of sulfonamides is 1. The predicted octanol–water partition coefficient (Wildman–Crippen LogP) is 3.02. The minimum atomic E-state index is -3.85. The summed E-state index contributed by atoms with van der Waals surface area (Å²) >= 11 is 11.8. The molecule has 0 spiro atoms. The lowest BCUT2D eigenvalue weighted by Crippen LogP contribution is -2.12. The van der Waals surface area contributed by atoms with Crippen molar-refractivity contribution in [2.24, 2.45) is 5.14 Å². The molecule has 0 bridgehead atoms. The van der Waals surface area contributed by atoms with Gasteiger partial charge >= 0.3 is 0 Å². The third-order valence-electron chi connectivity index (χ3n) is 2.45. The molecule has 0 atom stereocenters. The Balaban J connectivity index is 2.46. The van der Waals surface area contributed by atoms with Gasteiger partial charge in [-0.25, -0.2) is 13.6 Å². The number of ether oxygens (including phenoxy) is 1. The molecule has 4 N–H and O–H groups in total. The van der Waals surface area contributed by atoms with Gasteiger partial charge in [0.2, 0.25) is 10.0 Å². The Morgan fingerprint density at radius 1 is 1.05 bits per heavy atom. The molecule has 0 saturated carbocycles. The molecule has 0 saturated heterocycles. The number of nitrogens with two attached hydrogens (primary N) is 2. The minimum absolute atomic E-state index is 0.111. The monoisotopic (exact) mass is 332 g/mol. The summed E-state index contributed by atoms with van der Waals surface area (Å²) in [6.45, 7) is 0. The van der Waals surface area contributed by atoms with Gasteiger partial charge < -0.3 is 10.5 Å². The highest BCUT2D eigenvalue weighted by atomic mass is 35.5. The van der Waals surface area contributed by atoms with Crippen molar-refractivity contribution >= 4 is 38.9 Å². The number of halogens is 2. The van der Waals surface area contributed by atoms with Crippen LogP contribution in [0.15, 0.2) is 41.3 Å². The van der Waals surface area contributed by atoms with Gasteiger partial charge in [-0.3, -0.25) is 0 Å². The summed E-state index contributed by atoms with van der Waals surface area (Å²) in [7, 11) is -3.85. The summed E-state index contributed by atoms with van der Waals surface area (Å²) in [4.78, 5) is -0.111. The van der Waals surface area contributed by atoms with E-state index in [1.54, 1.807) is 18.2 Å². The lowest BCUT2D eigenvalue weighted by molar-refractivity contribution is 0.483. The van der Waals surface area contributed by atoms with Crippen LogP contribution in [0.25, 0.3) is 0 Å². The third kappa shape index (κ3) is 3.16. The van der Waals surface area contributed by atoms with E-state index in [-0.39, 0.29) is 27.1 Å². The average Bonchev–Trinajstić information content (AvgIpc) is 2.36. The largest absolute Gasteiger partial charge is 0.454 e. The average molecular weight is 333 g/mol. The SMILES string of the molecule is Nc1ccc(S(N)(=O)=O)cc1Oc1cccc(Cl)c1Cl. The Morgan fingerprint density at radius 3 is 2.40 bits per heavy atom. The fourth-order valence-corrected chi connectivity index (χ4v) is 2.32. The van der Waals surface area contributed by atoms with E-state index in [0.717, 1.165) is 0 Å². The Morgan fingerprint density at radius 2 is 1.75 bits per heavy atom. The van der Waals surface area contributed by atoms with Crippen LogP contribution in [-0.2, 0) is 10.0 Å². The molecule has 106 valence electrons. The normalized spacial score (nSPS) is 11.3. The molecule has 2 aromatic carbocycles. The predicted molar refractivity (Wildman–Crippen MR) is 78.8 cm³/mol. The second-order valence-corrected chi connectivity index (χ2v) is 6.25. The molecule has 0 unspecified atom stereocenters. The van der Waals surface area contributed by atoms with Crippen LogP contribution in [0.2, 0.25) is 10.0 Å². The summed E-state index contributed by atoms with van der Waals surface area (Å²) in [5.74, 6) is 0.387. The number of rotatable bonds is 3. The van der Waals surface area contributed by atoms with Crippen molar-refractivity contribution in [2.75, 3.05) is 5.73 Å². The maximum Gasteiger partial charge on any atom is 0.238 e. The van der Waals surface area contributed by atoms with E-state index in [2.05, 4.69) is 0 Å². The highest BCUT2D eigenvalue weighted by Gasteiger charge is 2.13. The standard InChI is InChI=1S/C12H10Cl2N2O3S/c13-8-2-1-3-10(12(8)14)19-11-6-7(20(16,17)18)4-5-9(11)15/h1-6H,15H2,(H2,16,17,18). The number of nitrogen functional groups attached to an aromatic ring is 1. The van der Waals surface area contributed by atoms with Gasteiger partial charge in [-0.05, 0) is 24.3 Å². The molecular weight excluding hydrogens is 323 g/mol. The van der Waals surface area contributed by atoms with E-state index < -0.39 is 10.0 Å². The molecule has 5 nitrogen and oxygen atoms in total. The number of hydrogen-bond acceptors (Lipinski definition) is 4. The molecule has 0 amide bonds. The van der Waals surface area contributed by atoms with Crippen LogP contribution in [0.3, 0.4) is 0 Å². The minimum Gasteiger partial charge on any atom is -0.454 e. The van der Waals surface area contributed by atoms with E-state index in [1.165, 1.54) is 18.2 Å². The molecule has 0 aliphatic carbocycles. The van der Waals surface area contributed by atoms with Gasteiger partial charge in [-0.2, -0.15) is 0 Å². The summed E-state index contributed by atoms with van der Waals surface area (Å²) in [5, 5.41) is 5.57. The summed E-state index contributed by atoms with van der Waals surface area (Å²) in [6.07, 6.45) is 0. The van der Waals surface area contributed by atoms with Gasteiger partial charge in [0.1, 0.15) is 10.8 Å². The maximum absolute atomic E-state index is 11.3. The van der Waals surface area contributed by atoms with Crippen molar-refractivity contribution in [1.29, 1.82) is 0 Å². The van der Waals surface area contributed by atoms with Crippen molar-refractivity contribution < 1.29 is 13.2 Å². The zero-order valence-corrected chi connectivity index (χ0v) is 12.3. The molecule has 2 aromatic rings. The van der Waals surface area contributed by atoms with Crippen LogP contribution in [-0.4, -0.2) is 8.42 Å². The molecular formula is C12H10Cl2N2O3S. The van der Waals surface area contributed by atoms with Gasteiger partial charge in [0.25, 0.3) is 0 Å². The van der Waals surface area contributed by atoms with Gasteiger partial charge in [-0.15, -0.1) is 0 Å². The number of primary sulfonamides is 1. The first-order valence-corrected chi connectivity index (χ1v) is 7.63. The lowest BCUT2D eigenvalue weighted by Gasteiger charge is -2.11. The van der Waals surface area contributed by atoms with Crippen molar-refractivity contribution in [3.8, 4) is 11.5 Å². The smallest absolute Gasteiger partial charge is 0.238 e. The van der Waals surface area contributed by atoms with Crippen LogP contribution in [0.4, 0.5) is 5.69 Å². The fraction of sp³-hybridized carbons (Fsp3) is 0. The van der Waals surface area contributed by atoms with Crippen LogP contribution in [0.1, 0.15) is 0 Å². The van der Waals surface area contributed by atoms with E-state index in [9.17, 15) is 8.42 Å². The van der Waals surface area contributed by atoms with Crippen molar-refractivity contribution in [3.05, 3.63) is 46.4 Å². The third-order valence-corrected chi connectivity index (χ3v) is 4.16. The lowest BCUT2D eigenvalue weighted by atomic mass is 10.3. The first-order valence-electron chi connectivity index (χ1n) is 5.33. The zero-order valence-electron chi connectivity index (χ0n) is 10.0. The van der Waals surface area contributed by atoms with Gasteiger partial charge in [0, 0.05) is 6.07 Å². The number of benzene rings is 2. The van der Waals surface area contributed by atoms with E-state index in [1.807, 2.05) is 0 Å². The molecule has 0 radical (unpaired) electrons. The molecule has 0 aliphatic heterocycles. The molecule has 20 heavy (non-hydrogen) atoms. The Bertz CT molecular complexity index is 763. The van der Waals surface area contributed by atoms with Crippen molar-refractivity contribution in [2.45, 2.75) is 4.90 Å². The Kier molecular flexibility index (Phi) is 4.10. The fourth-order valence-electron chi connectivity index (χ4n) is 1.46. The topological polar surface area (TPSA) is 95.4 Å². The van der Waals surface area contributed by atoms with Crippen LogP contribution in [0, 0.1) is 0 Å². The summed E-state index contributed by atoms with van der Waals surface area (Å²) in [5.41, 5.74) is 5.98. The maximum atomic E-state index is 11.3. The first kappa shape index (κ1) is 14.9. The quantitative estimate of drug-likeness (QED) is 0.844. The second-order valence-electron chi connectivity index (χ2n) is 3.90. The van der Waals surface area contributed by atoms with E-state index >= 15 is 0 Å². The van der Waals surface area contributed by atoms with Gasteiger partial charge in [0.15, 0.2) is 5.75 Å². The molecule has 8 heteroatoms. The Labute approximate surface area is 126 Å². The van der Waals surface area contributed by atoms with Crippen LogP contribution < -0.4 is 15.6 Å². The number of anilines is 1. The van der Waals surface area contributed by atoms with Crippen molar-refractivity contribution in [3.63, 3.8) is 0 Å². The summed E-state index contributed by atoms with van der Waals surface area (Å²) in [6, 6.07) is 8.72. The van der Waals surface area contributed by atoms with Crippen LogP contribution in [0.5, 0.6) is 11.5 Å². The summed E-state index contributed by atoms with van der Waals surface area (Å²) < 4.78 is 28.1. The molecule has 2 rings (SSSR count). The number of hydrogen-bond donors (Lipinski definition) is 2. The van der Waals surface area contributed by atoms with Gasteiger partial charge in [0.05, 0.1) is 15.6 Å². The highest BCUT2D eigenvalue weighted by Crippen LogP contribution is 2.37. The Hall–Kier alpha value is -1.47. The zero-order chi connectivity index (χ0) is 14.9. The molecule has 0 heterocycles. The van der Waals surface area contributed by atoms with Crippen molar-refractivity contribution in [1.82, 2.24) is 0 Å². The van der Waals surface area contributed by atoms with Crippen LogP contribution >= 0.6 is 23.2 Å². The molecule has 0 aromatic heterocycles. The molecule has 0 aliphatic rings. The van der Waals surface area contributed by atoms with Gasteiger partial charge in [-0.1, -0.05) is 29.3 Å². The van der Waals surface area contributed by atoms with E-state index in [4.69, 9.17) is 38.8 Å². The molecule has 0 fully saturated rings. The highest BCUT2D eigenvalue weighted by molar-refractivity contribution is 7.89. The van der Waals surface area contributed by atoms with E-state index in [0.29, 0.717) is 5.02 Å².